The Bertz CT molecular complexity index is 561. The van der Waals surface area contributed by atoms with E-state index in [1.54, 1.807) is 0 Å². The van der Waals surface area contributed by atoms with Crippen molar-refractivity contribution < 1.29 is 27.5 Å². The zero-order valence-corrected chi connectivity index (χ0v) is 12.1. The van der Waals surface area contributed by atoms with Crippen molar-refractivity contribution in [3.8, 4) is 5.75 Å². The van der Waals surface area contributed by atoms with Crippen LogP contribution in [0.3, 0.4) is 0 Å². The number of hydrogen-bond acceptors (Lipinski definition) is 3. The van der Waals surface area contributed by atoms with Crippen molar-refractivity contribution in [1.29, 1.82) is 0 Å². The number of halogens is 3. The molecule has 9 heteroatoms. The summed E-state index contributed by atoms with van der Waals surface area (Å²) in [5.74, 6) is -0.410. The van der Waals surface area contributed by atoms with E-state index in [2.05, 4.69) is 20.7 Å². The van der Waals surface area contributed by atoms with E-state index in [1.807, 2.05) is 0 Å². The molecule has 1 heterocycles. The molecule has 0 saturated carbocycles. The topological polar surface area (TPSA) is 79.5 Å². The van der Waals surface area contributed by atoms with Gasteiger partial charge in [0.15, 0.2) is 0 Å². The molecule has 3 N–H and O–H groups in total. The van der Waals surface area contributed by atoms with Gasteiger partial charge in [-0.1, -0.05) is 0 Å². The molecule has 1 unspecified atom stereocenters. The van der Waals surface area contributed by atoms with Gasteiger partial charge in [-0.2, -0.15) is 0 Å². The van der Waals surface area contributed by atoms with Gasteiger partial charge in [0.25, 0.3) is 0 Å². The third kappa shape index (κ3) is 6.05. The molecule has 23 heavy (non-hydrogen) atoms. The number of rotatable bonds is 3. The van der Waals surface area contributed by atoms with Crippen molar-refractivity contribution in [3.63, 3.8) is 0 Å². The van der Waals surface area contributed by atoms with Gasteiger partial charge in [-0.3, -0.25) is 4.79 Å². The summed E-state index contributed by atoms with van der Waals surface area (Å²) in [6.07, 6.45) is -3.25. The van der Waals surface area contributed by atoms with E-state index in [9.17, 15) is 22.8 Å². The van der Waals surface area contributed by atoms with Gasteiger partial charge in [0.05, 0.1) is 0 Å². The fourth-order valence-electron chi connectivity index (χ4n) is 2.16. The molecule has 1 saturated heterocycles. The summed E-state index contributed by atoms with van der Waals surface area (Å²) < 4.78 is 39.9. The Kier molecular flexibility index (Phi) is 5.30. The Hall–Kier alpha value is -2.45. The number of alkyl halides is 3. The molecule has 1 aliphatic rings. The Morgan fingerprint density at radius 3 is 2.57 bits per heavy atom. The second-order valence-corrected chi connectivity index (χ2v) is 5.04. The predicted molar refractivity (Wildman–Crippen MR) is 75.9 cm³/mol. The van der Waals surface area contributed by atoms with Crippen LogP contribution in [0.5, 0.6) is 5.75 Å². The van der Waals surface area contributed by atoms with Gasteiger partial charge >= 0.3 is 12.4 Å². The van der Waals surface area contributed by atoms with Crippen molar-refractivity contribution in [2.75, 3.05) is 11.9 Å². The lowest BCUT2D eigenvalue weighted by Crippen LogP contribution is -2.38. The number of nitrogens with one attached hydrogen (secondary N) is 3. The van der Waals surface area contributed by atoms with Crippen LogP contribution in [0.15, 0.2) is 24.3 Å². The van der Waals surface area contributed by atoms with Crippen LogP contribution in [0.1, 0.15) is 19.3 Å². The fraction of sp³-hybridized carbons (Fsp3) is 0.429. The lowest BCUT2D eigenvalue weighted by Gasteiger charge is -2.16. The van der Waals surface area contributed by atoms with Crippen molar-refractivity contribution in [2.45, 2.75) is 31.7 Å². The van der Waals surface area contributed by atoms with Gasteiger partial charge < -0.3 is 20.7 Å². The van der Waals surface area contributed by atoms with Crippen molar-refractivity contribution in [1.82, 2.24) is 10.6 Å². The predicted octanol–water partition coefficient (Wildman–Crippen LogP) is 2.38. The van der Waals surface area contributed by atoms with E-state index in [0.717, 1.165) is 12.1 Å². The number of hydrogen-bond donors (Lipinski definition) is 3. The normalized spacial score (nSPS) is 18.6. The summed E-state index contributed by atoms with van der Waals surface area (Å²) in [7, 11) is 0. The number of amides is 3. The fourth-order valence-corrected chi connectivity index (χ4v) is 2.16. The Morgan fingerprint density at radius 2 is 1.91 bits per heavy atom. The zero-order valence-electron chi connectivity index (χ0n) is 12.1. The highest BCUT2D eigenvalue weighted by Crippen LogP contribution is 2.23. The van der Waals surface area contributed by atoms with Crippen LogP contribution < -0.4 is 20.7 Å². The van der Waals surface area contributed by atoms with E-state index >= 15 is 0 Å². The van der Waals surface area contributed by atoms with Crippen LogP contribution >= 0.6 is 0 Å². The highest BCUT2D eigenvalue weighted by Gasteiger charge is 2.31. The molecule has 1 aromatic carbocycles. The quantitative estimate of drug-likeness (QED) is 0.795. The number of benzene rings is 1. The van der Waals surface area contributed by atoms with Gasteiger partial charge in [0.1, 0.15) is 5.75 Å². The molecular weight excluding hydrogens is 315 g/mol. The molecular formula is C14H16F3N3O3. The molecule has 1 aromatic rings. The summed E-state index contributed by atoms with van der Waals surface area (Å²) in [5.41, 5.74) is 0.333. The van der Waals surface area contributed by atoms with E-state index in [0.29, 0.717) is 31.5 Å². The van der Waals surface area contributed by atoms with Crippen LogP contribution in [-0.4, -0.2) is 30.9 Å². The highest BCUT2D eigenvalue weighted by molar-refractivity contribution is 5.89. The maximum Gasteiger partial charge on any atom is 0.573 e. The van der Waals surface area contributed by atoms with E-state index in [-0.39, 0.29) is 17.7 Å². The second-order valence-electron chi connectivity index (χ2n) is 5.04. The Balaban J connectivity index is 1.84. The third-order valence-corrected chi connectivity index (χ3v) is 3.22. The standard InChI is InChI=1S/C14H16F3N3O3/c15-14(16,17)23-11-4-1-9(2-5-11)19-13(22)20-10-3-6-12(21)18-8-7-10/h1-2,4-5,10H,3,6-8H2,(H,18,21)(H2,19,20,22). The average molecular weight is 331 g/mol. The Morgan fingerprint density at radius 1 is 1.22 bits per heavy atom. The molecule has 2 rings (SSSR count). The lowest BCUT2D eigenvalue weighted by molar-refractivity contribution is -0.274. The molecule has 0 aliphatic carbocycles. The minimum Gasteiger partial charge on any atom is -0.406 e. The minimum absolute atomic E-state index is 0.0463. The molecule has 1 aliphatic heterocycles. The van der Waals surface area contributed by atoms with Gasteiger partial charge in [-0.15, -0.1) is 13.2 Å². The number of carbonyl (C=O) groups excluding carboxylic acids is 2. The SMILES string of the molecule is O=C1CCC(NC(=O)Nc2ccc(OC(F)(F)F)cc2)CCN1. The number of ether oxygens (including phenoxy) is 1. The number of urea groups is 1. The van der Waals surface area contributed by atoms with Crippen molar-refractivity contribution in [3.05, 3.63) is 24.3 Å². The van der Waals surface area contributed by atoms with Crippen LogP contribution in [0.2, 0.25) is 0 Å². The van der Waals surface area contributed by atoms with E-state index in [4.69, 9.17) is 0 Å². The smallest absolute Gasteiger partial charge is 0.406 e. The van der Waals surface area contributed by atoms with Crippen molar-refractivity contribution >= 4 is 17.6 Å². The first-order valence-electron chi connectivity index (χ1n) is 7.02. The van der Waals surface area contributed by atoms with Gasteiger partial charge in [-0.25, -0.2) is 4.79 Å². The second kappa shape index (κ2) is 7.21. The summed E-state index contributed by atoms with van der Waals surface area (Å²) in [6, 6.07) is 4.21. The van der Waals surface area contributed by atoms with Crippen LogP contribution in [0, 0.1) is 0 Å². The van der Waals surface area contributed by atoms with Gasteiger partial charge in [0.2, 0.25) is 5.91 Å². The summed E-state index contributed by atoms with van der Waals surface area (Å²) in [4.78, 5) is 23.1. The Labute approximate surface area is 130 Å². The van der Waals surface area contributed by atoms with Gasteiger partial charge in [0, 0.05) is 24.7 Å². The maximum absolute atomic E-state index is 12.0. The largest absolute Gasteiger partial charge is 0.573 e. The van der Waals surface area contributed by atoms with E-state index in [1.165, 1.54) is 12.1 Å². The summed E-state index contributed by atoms with van der Waals surface area (Å²) in [6.45, 7) is 0.493. The van der Waals surface area contributed by atoms with Crippen molar-refractivity contribution in [2.24, 2.45) is 0 Å². The molecule has 126 valence electrons. The van der Waals surface area contributed by atoms with Crippen LogP contribution in [0.25, 0.3) is 0 Å². The highest BCUT2D eigenvalue weighted by atomic mass is 19.4. The maximum atomic E-state index is 12.0. The zero-order chi connectivity index (χ0) is 16.9. The first-order chi connectivity index (χ1) is 10.8. The molecule has 0 spiro atoms. The molecule has 0 radical (unpaired) electrons. The molecule has 0 bridgehead atoms. The first-order valence-corrected chi connectivity index (χ1v) is 7.02. The summed E-state index contributed by atoms with van der Waals surface area (Å²) in [5, 5.41) is 7.95. The van der Waals surface area contributed by atoms with Crippen LogP contribution in [0.4, 0.5) is 23.7 Å². The third-order valence-electron chi connectivity index (χ3n) is 3.22. The number of carbonyl (C=O) groups is 2. The molecule has 0 aromatic heterocycles. The summed E-state index contributed by atoms with van der Waals surface area (Å²) >= 11 is 0. The van der Waals surface area contributed by atoms with Gasteiger partial charge in [-0.05, 0) is 37.1 Å². The van der Waals surface area contributed by atoms with E-state index < -0.39 is 12.4 Å². The van der Waals surface area contributed by atoms with Crippen LogP contribution in [-0.2, 0) is 4.79 Å². The molecule has 1 atom stereocenters. The number of anilines is 1. The molecule has 1 fully saturated rings. The first kappa shape index (κ1) is 16.9. The molecule has 3 amide bonds. The lowest BCUT2D eigenvalue weighted by atomic mass is 10.1. The molecule has 6 nitrogen and oxygen atoms in total. The average Bonchev–Trinajstić information content (AvgIpc) is 2.64. The monoisotopic (exact) mass is 331 g/mol. The minimum atomic E-state index is -4.75.